The van der Waals surface area contributed by atoms with E-state index in [9.17, 15) is 0 Å². The summed E-state index contributed by atoms with van der Waals surface area (Å²) in [7, 11) is 1.83. The van der Waals surface area contributed by atoms with Crippen LogP contribution >= 0.6 is 0 Å². The van der Waals surface area contributed by atoms with Crippen molar-refractivity contribution in [2.45, 2.75) is 46.5 Å². The van der Waals surface area contributed by atoms with E-state index in [2.05, 4.69) is 11.8 Å². The van der Waals surface area contributed by atoms with E-state index in [1.54, 1.807) is 0 Å². The summed E-state index contributed by atoms with van der Waals surface area (Å²) in [6.45, 7) is 11.3. The van der Waals surface area contributed by atoms with Crippen molar-refractivity contribution in [3.05, 3.63) is 0 Å². The van der Waals surface area contributed by atoms with Gasteiger partial charge in [0, 0.05) is 19.1 Å². The van der Waals surface area contributed by atoms with E-state index in [-0.39, 0.29) is 0 Å². The second-order valence-corrected chi connectivity index (χ2v) is 5.39. The van der Waals surface area contributed by atoms with Crippen LogP contribution in [0.3, 0.4) is 0 Å². The highest BCUT2D eigenvalue weighted by atomic mass is 16.5. The molecule has 0 bridgehead atoms. The molecule has 2 aliphatic rings. The molecule has 0 atom stereocenters. The first-order valence-corrected chi connectivity index (χ1v) is 6.95. The molecule has 2 nitrogen and oxygen atoms in total. The van der Waals surface area contributed by atoms with Crippen molar-refractivity contribution in [2.24, 2.45) is 11.3 Å². The van der Waals surface area contributed by atoms with Crippen molar-refractivity contribution >= 4 is 0 Å². The van der Waals surface area contributed by atoms with Crippen LogP contribution in [0.2, 0.25) is 0 Å². The van der Waals surface area contributed by atoms with E-state index >= 15 is 0 Å². The number of likely N-dealkylation sites (tertiary alicyclic amines) is 1. The summed E-state index contributed by atoms with van der Waals surface area (Å²) in [5.41, 5.74) is 0.551. The Morgan fingerprint density at radius 3 is 2.19 bits per heavy atom. The molecule has 0 aromatic rings. The fraction of sp³-hybridized carbons (Fsp3) is 1.00. The molecule has 16 heavy (non-hydrogen) atoms. The second kappa shape index (κ2) is 6.61. The molecule has 0 N–H and O–H groups in total. The smallest absolute Gasteiger partial charge is 0.0530 e. The zero-order chi connectivity index (χ0) is 12.0. The molecule has 0 aromatic carbocycles. The Morgan fingerprint density at radius 1 is 1.19 bits per heavy atom. The third-order valence-electron chi connectivity index (χ3n) is 3.84. The SMILES string of the molecule is CC.COCC1(CN2CCC(C)CC2)CC1. The van der Waals surface area contributed by atoms with Gasteiger partial charge >= 0.3 is 0 Å². The molecule has 1 saturated heterocycles. The van der Waals surface area contributed by atoms with Crippen molar-refractivity contribution in [3.63, 3.8) is 0 Å². The lowest BCUT2D eigenvalue weighted by Gasteiger charge is -2.33. The maximum Gasteiger partial charge on any atom is 0.0530 e. The van der Waals surface area contributed by atoms with Crippen molar-refractivity contribution in [3.8, 4) is 0 Å². The molecule has 0 radical (unpaired) electrons. The van der Waals surface area contributed by atoms with Gasteiger partial charge in [-0.2, -0.15) is 0 Å². The van der Waals surface area contributed by atoms with Crippen molar-refractivity contribution in [1.29, 1.82) is 0 Å². The Labute approximate surface area is 101 Å². The molecule has 2 heteroatoms. The molecular weight excluding hydrogens is 198 g/mol. The third-order valence-corrected chi connectivity index (χ3v) is 3.84. The predicted octanol–water partition coefficient (Wildman–Crippen LogP) is 3.17. The van der Waals surface area contributed by atoms with Gasteiger partial charge < -0.3 is 9.64 Å². The normalized spacial score (nSPS) is 24.8. The topological polar surface area (TPSA) is 12.5 Å². The zero-order valence-electron chi connectivity index (χ0n) is 11.6. The van der Waals surface area contributed by atoms with E-state index < -0.39 is 0 Å². The summed E-state index contributed by atoms with van der Waals surface area (Å²) < 4.78 is 5.31. The summed E-state index contributed by atoms with van der Waals surface area (Å²) in [6, 6.07) is 0. The van der Waals surface area contributed by atoms with Crippen LogP contribution in [0.5, 0.6) is 0 Å². The standard InChI is InChI=1S/C12H23NO.C2H6/c1-11-3-7-13(8-4-11)9-12(5-6-12)10-14-2;1-2/h11H,3-10H2,1-2H3;1-2H3. The number of hydrogen-bond acceptors (Lipinski definition) is 2. The van der Waals surface area contributed by atoms with Gasteiger partial charge in [0.15, 0.2) is 0 Å². The summed E-state index contributed by atoms with van der Waals surface area (Å²) >= 11 is 0. The lowest BCUT2D eigenvalue weighted by Crippen LogP contribution is -2.38. The minimum Gasteiger partial charge on any atom is -0.384 e. The highest BCUT2D eigenvalue weighted by Gasteiger charge is 2.44. The van der Waals surface area contributed by atoms with E-state index in [0.29, 0.717) is 5.41 Å². The monoisotopic (exact) mass is 227 g/mol. The predicted molar refractivity (Wildman–Crippen MR) is 69.7 cm³/mol. The Hall–Kier alpha value is -0.0800. The van der Waals surface area contributed by atoms with Gasteiger partial charge in [0.1, 0.15) is 0 Å². The summed E-state index contributed by atoms with van der Waals surface area (Å²) in [5, 5.41) is 0. The largest absolute Gasteiger partial charge is 0.384 e. The van der Waals surface area contributed by atoms with Gasteiger partial charge in [-0.15, -0.1) is 0 Å². The van der Waals surface area contributed by atoms with Crippen molar-refractivity contribution < 1.29 is 4.74 Å². The molecule has 1 saturated carbocycles. The maximum atomic E-state index is 5.31. The van der Waals surface area contributed by atoms with E-state index in [1.165, 1.54) is 45.3 Å². The Balaban J connectivity index is 0.000000606. The first-order chi connectivity index (χ1) is 7.74. The second-order valence-electron chi connectivity index (χ2n) is 5.39. The minimum absolute atomic E-state index is 0.551. The minimum atomic E-state index is 0.551. The molecule has 96 valence electrons. The molecule has 0 amide bonds. The van der Waals surface area contributed by atoms with Gasteiger partial charge in [-0.1, -0.05) is 20.8 Å². The molecule has 0 aromatic heterocycles. The summed E-state index contributed by atoms with van der Waals surface area (Å²) in [5.74, 6) is 0.948. The Morgan fingerprint density at radius 2 is 1.75 bits per heavy atom. The van der Waals surface area contributed by atoms with Crippen molar-refractivity contribution in [1.82, 2.24) is 4.90 Å². The van der Waals surface area contributed by atoms with Gasteiger partial charge in [-0.25, -0.2) is 0 Å². The number of ether oxygens (including phenoxy) is 1. The zero-order valence-corrected chi connectivity index (χ0v) is 11.6. The van der Waals surface area contributed by atoms with Crippen LogP contribution in [-0.4, -0.2) is 38.3 Å². The van der Waals surface area contributed by atoms with Crippen LogP contribution in [-0.2, 0) is 4.74 Å². The summed E-state index contributed by atoms with van der Waals surface area (Å²) in [4.78, 5) is 2.64. The van der Waals surface area contributed by atoms with Crippen LogP contribution in [0.4, 0.5) is 0 Å². The highest BCUT2D eigenvalue weighted by molar-refractivity contribution is 4.96. The lowest BCUT2D eigenvalue weighted by molar-refractivity contribution is 0.0927. The first kappa shape index (κ1) is 14.0. The Kier molecular flexibility index (Phi) is 5.77. The third kappa shape index (κ3) is 4.06. The molecule has 1 aliphatic carbocycles. The molecular formula is C14H29NO. The van der Waals surface area contributed by atoms with Crippen molar-refractivity contribution in [2.75, 3.05) is 33.4 Å². The molecule has 0 unspecified atom stereocenters. The quantitative estimate of drug-likeness (QED) is 0.731. The van der Waals surface area contributed by atoms with Crippen LogP contribution in [0.15, 0.2) is 0 Å². The average molecular weight is 227 g/mol. The first-order valence-electron chi connectivity index (χ1n) is 6.95. The highest BCUT2D eigenvalue weighted by Crippen LogP contribution is 2.46. The van der Waals surface area contributed by atoms with Gasteiger partial charge in [-0.05, 0) is 44.7 Å². The molecule has 0 spiro atoms. The number of hydrogen-bond donors (Lipinski definition) is 0. The summed E-state index contributed by atoms with van der Waals surface area (Å²) in [6.07, 6.45) is 5.55. The number of rotatable bonds is 4. The number of methoxy groups -OCH3 is 1. The molecule has 2 fully saturated rings. The average Bonchev–Trinajstić information content (AvgIpc) is 3.05. The van der Waals surface area contributed by atoms with E-state index in [1.807, 2.05) is 21.0 Å². The van der Waals surface area contributed by atoms with Crippen LogP contribution < -0.4 is 0 Å². The van der Waals surface area contributed by atoms with Crippen LogP contribution in [0.1, 0.15) is 46.5 Å². The van der Waals surface area contributed by atoms with Crippen LogP contribution in [0.25, 0.3) is 0 Å². The molecule has 1 heterocycles. The number of nitrogens with zero attached hydrogens (tertiary/aromatic N) is 1. The van der Waals surface area contributed by atoms with Gasteiger partial charge in [0.05, 0.1) is 6.61 Å². The lowest BCUT2D eigenvalue weighted by atomic mass is 9.97. The number of piperidine rings is 1. The molecule has 1 aliphatic heterocycles. The van der Waals surface area contributed by atoms with Crippen LogP contribution in [0, 0.1) is 11.3 Å². The van der Waals surface area contributed by atoms with E-state index in [0.717, 1.165) is 12.5 Å². The van der Waals surface area contributed by atoms with Gasteiger partial charge in [-0.3, -0.25) is 0 Å². The van der Waals surface area contributed by atoms with Gasteiger partial charge in [0.2, 0.25) is 0 Å². The fourth-order valence-electron chi connectivity index (χ4n) is 2.53. The maximum absolute atomic E-state index is 5.31. The van der Waals surface area contributed by atoms with Gasteiger partial charge in [0.25, 0.3) is 0 Å². The Bertz CT molecular complexity index is 181. The molecule has 2 rings (SSSR count). The fourth-order valence-corrected chi connectivity index (χ4v) is 2.53. The van der Waals surface area contributed by atoms with E-state index in [4.69, 9.17) is 4.74 Å².